The predicted molar refractivity (Wildman–Crippen MR) is 121 cm³/mol. The Balaban J connectivity index is 2.16. The molecule has 6 heteroatoms. The van der Waals surface area contributed by atoms with Gasteiger partial charge in [0.05, 0.1) is 26.4 Å². The predicted octanol–water partition coefficient (Wildman–Crippen LogP) is 5.94. The van der Waals surface area contributed by atoms with Gasteiger partial charge in [-0.25, -0.2) is 0 Å². The third-order valence-electron chi connectivity index (χ3n) is 4.46. The molecule has 0 fully saturated rings. The molecule has 1 rings (SSSR count). The normalized spacial score (nSPS) is 11.2. The molecule has 0 spiro atoms. The van der Waals surface area contributed by atoms with Crippen LogP contribution >= 0.6 is 11.3 Å². The first-order valence-corrected chi connectivity index (χ1v) is 12.1. The minimum atomic E-state index is 0.525. The lowest BCUT2D eigenvalue weighted by Gasteiger charge is -2.12. The van der Waals surface area contributed by atoms with Gasteiger partial charge in [-0.15, -0.1) is 11.3 Å². The van der Waals surface area contributed by atoms with Crippen molar-refractivity contribution in [2.24, 2.45) is 0 Å². The SMILES string of the molecule is CCCCOCCCCCOc1c(C)sc(C)c1OCCOCCOCCCC. The number of rotatable bonds is 20. The Morgan fingerprint density at radius 2 is 0.966 bits per heavy atom. The van der Waals surface area contributed by atoms with E-state index in [1.54, 1.807) is 11.3 Å². The van der Waals surface area contributed by atoms with Crippen molar-refractivity contribution < 1.29 is 23.7 Å². The lowest BCUT2D eigenvalue weighted by Crippen LogP contribution is -2.11. The average Bonchev–Trinajstić information content (AvgIpc) is 2.98. The standard InChI is InChI=1S/C23H42O5S/c1-5-7-12-24-14-10-9-11-15-27-22-20(3)29-21(4)23(22)28-19-18-26-17-16-25-13-8-6-2/h5-19H2,1-4H3. The van der Waals surface area contributed by atoms with Gasteiger partial charge in [-0.2, -0.15) is 0 Å². The average molecular weight is 431 g/mol. The van der Waals surface area contributed by atoms with Crippen LogP contribution in [-0.2, 0) is 14.2 Å². The van der Waals surface area contributed by atoms with Crippen molar-refractivity contribution >= 4 is 11.3 Å². The Labute approximate surface area is 182 Å². The maximum atomic E-state index is 6.05. The van der Waals surface area contributed by atoms with E-state index in [4.69, 9.17) is 23.7 Å². The Morgan fingerprint density at radius 1 is 0.517 bits per heavy atom. The van der Waals surface area contributed by atoms with Crippen molar-refractivity contribution in [2.75, 3.05) is 52.9 Å². The van der Waals surface area contributed by atoms with E-state index < -0.39 is 0 Å². The van der Waals surface area contributed by atoms with Crippen LogP contribution in [0.25, 0.3) is 0 Å². The topological polar surface area (TPSA) is 46.2 Å². The summed E-state index contributed by atoms with van der Waals surface area (Å²) in [6, 6.07) is 0. The maximum absolute atomic E-state index is 6.05. The van der Waals surface area contributed by atoms with E-state index >= 15 is 0 Å². The molecule has 5 nitrogen and oxygen atoms in total. The molecular formula is C23H42O5S. The van der Waals surface area contributed by atoms with Crippen LogP contribution < -0.4 is 9.47 Å². The largest absolute Gasteiger partial charge is 0.489 e. The number of unbranched alkanes of at least 4 members (excludes halogenated alkanes) is 4. The first-order valence-electron chi connectivity index (χ1n) is 11.3. The molecule has 0 unspecified atom stereocenters. The zero-order valence-electron chi connectivity index (χ0n) is 19.1. The number of hydrogen-bond acceptors (Lipinski definition) is 6. The molecule has 0 atom stereocenters. The lowest BCUT2D eigenvalue weighted by atomic mass is 10.2. The third-order valence-corrected chi connectivity index (χ3v) is 5.45. The van der Waals surface area contributed by atoms with Gasteiger partial charge < -0.3 is 23.7 Å². The van der Waals surface area contributed by atoms with Crippen molar-refractivity contribution in [2.45, 2.75) is 72.6 Å². The van der Waals surface area contributed by atoms with E-state index in [1.165, 1.54) is 11.3 Å². The van der Waals surface area contributed by atoms with Crippen LogP contribution in [0.5, 0.6) is 11.5 Å². The lowest BCUT2D eigenvalue weighted by molar-refractivity contribution is 0.0352. The molecule has 0 saturated carbocycles. The van der Waals surface area contributed by atoms with Crippen molar-refractivity contribution in [1.82, 2.24) is 0 Å². The smallest absolute Gasteiger partial charge is 0.175 e. The highest BCUT2D eigenvalue weighted by molar-refractivity contribution is 7.12. The Kier molecular flexibility index (Phi) is 16.3. The van der Waals surface area contributed by atoms with Crippen LogP contribution in [-0.4, -0.2) is 52.9 Å². The molecule has 0 bridgehead atoms. The van der Waals surface area contributed by atoms with Crippen LogP contribution in [0.15, 0.2) is 0 Å². The second kappa shape index (κ2) is 18.0. The summed E-state index contributed by atoms with van der Waals surface area (Å²) >= 11 is 1.72. The Morgan fingerprint density at radius 3 is 1.59 bits per heavy atom. The summed E-state index contributed by atoms with van der Waals surface area (Å²) in [6.07, 6.45) is 7.86. The van der Waals surface area contributed by atoms with Gasteiger partial charge in [0, 0.05) is 29.6 Å². The van der Waals surface area contributed by atoms with Crippen LogP contribution in [0.2, 0.25) is 0 Å². The van der Waals surface area contributed by atoms with Crippen molar-refractivity contribution in [3.05, 3.63) is 9.75 Å². The van der Waals surface area contributed by atoms with Gasteiger partial charge in [0.25, 0.3) is 0 Å². The summed E-state index contributed by atoms with van der Waals surface area (Å²) in [5, 5.41) is 0. The first kappa shape index (κ1) is 26.2. The van der Waals surface area contributed by atoms with Gasteiger partial charge >= 0.3 is 0 Å². The molecule has 0 aromatic carbocycles. The highest BCUT2D eigenvalue weighted by Gasteiger charge is 2.16. The molecule has 0 aliphatic carbocycles. The minimum Gasteiger partial charge on any atom is -0.489 e. The van der Waals surface area contributed by atoms with Gasteiger partial charge in [0.2, 0.25) is 0 Å². The quantitative estimate of drug-likeness (QED) is 0.239. The molecule has 1 heterocycles. The van der Waals surface area contributed by atoms with Gasteiger partial charge in [-0.05, 0) is 46.0 Å². The summed E-state index contributed by atoms with van der Waals surface area (Å²) in [6.45, 7) is 14.1. The summed E-state index contributed by atoms with van der Waals surface area (Å²) in [4.78, 5) is 2.33. The molecule has 1 aromatic heterocycles. The molecule has 0 saturated heterocycles. The number of ether oxygens (including phenoxy) is 5. The molecule has 0 aliphatic rings. The first-order chi connectivity index (χ1) is 14.2. The van der Waals surface area contributed by atoms with E-state index in [9.17, 15) is 0 Å². The van der Waals surface area contributed by atoms with E-state index in [0.717, 1.165) is 74.7 Å². The molecule has 0 amide bonds. The summed E-state index contributed by atoms with van der Waals surface area (Å²) in [7, 11) is 0. The molecule has 0 N–H and O–H groups in total. The fourth-order valence-electron chi connectivity index (χ4n) is 2.75. The monoisotopic (exact) mass is 430 g/mol. The fourth-order valence-corrected chi connectivity index (χ4v) is 3.70. The highest BCUT2D eigenvalue weighted by Crippen LogP contribution is 2.41. The fraction of sp³-hybridized carbons (Fsp3) is 0.826. The Bertz CT molecular complexity index is 461. The van der Waals surface area contributed by atoms with E-state index in [1.807, 2.05) is 0 Å². The van der Waals surface area contributed by atoms with Gasteiger partial charge in [-0.1, -0.05) is 26.7 Å². The second-order valence-electron chi connectivity index (χ2n) is 7.17. The maximum Gasteiger partial charge on any atom is 0.175 e. The summed E-state index contributed by atoms with van der Waals surface area (Å²) in [5.74, 6) is 1.77. The van der Waals surface area contributed by atoms with Crippen molar-refractivity contribution in [3.8, 4) is 11.5 Å². The van der Waals surface area contributed by atoms with E-state index in [2.05, 4.69) is 27.7 Å². The number of hydrogen-bond donors (Lipinski definition) is 0. The van der Waals surface area contributed by atoms with Gasteiger partial charge in [-0.3, -0.25) is 0 Å². The molecular weight excluding hydrogens is 388 g/mol. The van der Waals surface area contributed by atoms with Crippen LogP contribution in [0.3, 0.4) is 0 Å². The zero-order chi connectivity index (χ0) is 21.2. The molecule has 29 heavy (non-hydrogen) atoms. The molecule has 0 aliphatic heterocycles. The van der Waals surface area contributed by atoms with E-state index in [-0.39, 0.29) is 0 Å². The Hall–Kier alpha value is -0.820. The molecule has 0 radical (unpaired) electrons. The van der Waals surface area contributed by atoms with E-state index in [0.29, 0.717) is 33.0 Å². The zero-order valence-corrected chi connectivity index (χ0v) is 19.9. The summed E-state index contributed by atoms with van der Waals surface area (Å²) in [5.41, 5.74) is 0. The number of thiophene rings is 1. The number of aryl methyl sites for hydroxylation is 2. The van der Waals surface area contributed by atoms with Gasteiger partial charge in [0.1, 0.15) is 6.61 Å². The van der Waals surface area contributed by atoms with Crippen LogP contribution in [0, 0.1) is 13.8 Å². The minimum absolute atomic E-state index is 0.525. The van der Waals surface area contributed by atoms with Gasteiger partial charge in [0.15, 0.2) is 11.5 Å². The molecule has 170 valence electrons. The third kappa shape index (κ3) is 12.5. The highest BCUT2D eigenvalue weighted by atomic mass is 32.1. The van der Waals surface area contributed by atoms with Crippen molar-refractivity contribution in [1.29, 1.82) is 0 Å². The molecule has 1 aromatic rings. The summed E-state index contributed by atoms with van der Waals surface area (Å²) < 4.78 is 28.7. The van der Waals surface area contributed by atoms with Crippen LogP contribution in [0.4, 0.5) is 0 Å². The van der Waals surface area contributed by atoms with Crippen molar-refractivity contribution in [3.63, 3.8) is 0 Å². The second-order valence-corrected chi connectivity index (χ2v) is 8.60. The van der Waals surface area contributed by atoms with Crippen LogP contribution in [0.1, 0.15) is 68.5 Å².